The van der Waals surface area contributed by atoms with E-state index >= 15 is 0 Å². The Morgan fingerprint density at radius 3 is 2.20 bits per heavy atom. The zero-order chi connectivity index (χ0) is 11.7. The summed E-state index contributed by atoms with van der Waals surface area (Å²) in [6.07, 6.45) is -1.58. The number of carbonyl (C=O) groups excluding carboxylic acids is 1. The van der Waals surface area contributed by atoms with Crippen LogP contribution in [0.1, 0.15) is 0 Å². The van der Waals surface area contributed by atoms with E-state index in [4.69, 9.17) is 19.7 Å². The van der Waals surface area contributed by atoms with E-state index in [1.54, 1.807) is 24.3 Å². The summed E-state index contributed by atoms with van der Waals surface area (Å²) in [4.78, 5) is 18.7. The summed E-state index contributed by atoms with van der Waals surface area (Å²) in [5.74, 6) is -0.385. The first-order valence-corrected chi connectivity index (χ1v) is 3.88. The third-order valence-corrected chi connectivity index (χ3v) is 1.11. The van der Waals surface area contributed by atoms with Gasteiger partial charge in [-0.1, -0.05) is 18.2 Å². The Morgan fingerprint density at radius 2 is 1.80 bits per heavy atom. The number of rotatable bonds is 3. The predicted molar refractivity (Wildman–Crippen MR) is 49.2 cm³/mol. The summed E-state index contributed by atoms with van der Waals surface area (Å²) in [6.45, 7) is -0.288. The molecular weight excluding hydrogens is 202 g/mol. The van der Waals surface area contributed by atoms with Crippen molar-refractivity contribution in [3.05, 3.63) is 30.3 Å². The highest BCUT2D eigenvalue weighted by Crippen LogP contribution is 2.07. The van der Waals surface area contributed by atoms with Gasteiger partial charge in [0.1, 0.15) is 11.8 Å². The molecule has 3 N–H and O–H groups in total. The second kappa shape index (κ2) is 7.19. The van der Waals surface area contributed by atoms with E-state index in [1.165, 1.54) is 0 Å². The van der Waals surface area contributed by atoms with Crippen molar-refractivity contribution in [2.45, 2.75) is 0 Å². The average molecular weight is 212 g/mol. The molecule has 0 atom stereocenters. The molecule has 0 bridgehead atoms. The number of carboxylic acid groups (broad SMARTS) is 2. The molecule has 82 valence electrons. The molecule has 0 saturated heterocycles. The molecule has 0 aliphatic carbocycles. The quantitative estimate of drug-likeness (QED) is 0.697. The minimum Gasteiger partial charge on any atom is -0.530 e. The predicted octanol–water partition coefficient (Wildman–Crippen LogP) is -0.562. The first-order chi connectivity index (χ1) is 7.02. The van der Waals surface area contributed by atoms with E-state index in [1.807, 2.05) is 6.07 Å². The van der Waals surface area contributed by atoms with Gasteiger partial charge in [0.2, 0.25) is 0 Å². The average Bonchev–Trinajstić information content (AvgIpc) is 2.15. The third kappa shape index (κ3) is 9.68. The lowest BCUT2D eigenvalue weighted by atomic mass is 10.3. The minimum absolute atomic E-state index is 0.288. The molecule has 0 heterocycles. The smallest absolute Gasteiger partial charge is 0.341 e. The highest BCUT2D eigenvalue weighted by Gasteiger charge is 1.96. The van der Waals surface area contributed by atoms with Crippen LogP contribution in [0.5, 0.6) is 5.75 Å². The standard InChI is InChI=1S/C8H8O3.CH3NO2/c9-8(10)6-11-7-4-2-1-3-5-7;2-1(3)4/h1-5H,6H2,(H,9,10);2H2,(H,3,4)/p-1. The molecule has 1 aromatic carbocycles. The SMILES string of the molecule is NC(=O)[O-].O=C(O)COc1ccccc1. The summed E-state index contributed by atoms with van der Waals surface area (Å²) in [6, 6.07) is 8.84. The van der Waals surface area contributed by atoms with Crippen LogP contribution in [0.3, 0.4) is 0 Å². The first-order valence-electron chi connectivity index (χ1n) is 3.88. The van der Waals surface area contributed by atoms with Crippen LogP contribution in [0.15, 0.2) is 30.3 Å². The van der Waals surface area contributed by atoms with E-state index in [0.717, 1.165) is 0 Å². The summed E-state index contributed by atoms with van der Waals surface area (Å²) in [5, 5.41) is 16.9. The van der Waals surface area contributed by atoms with Crippen molar-refractivity contribution in [2.75, 3.05) is 6.61 Å². The fraction of sp³-hybridized carbons (Fsp3) is 0.111. The number of para-hydroxylation sites is 1. The molecule has 0 spiro atoms. The van der Waals surface area contributed by atoms with Crippen LogP contribution < -0.4 is 15.6 Å². The molecule has 0 fully saturated rings. The fourth-order valence-electron chi connectivity index (χ4n) is 0.662. The van der Waals surface area contributed by atoms with Crippen LogP contribution in [0, 0.1) is 0 Å². The van der Waals surface area contributed by atoms with Crippen molar-refractivity contribution >= 4 is 12.1 Å². The monoisotopic (exact) mass is 212 g/mol. The maximum Gasteiger partial charge on any atom is 0.341 e. The van der Waals surface area contributed by atoms with Gasteiger partial charge < -0.3 is 25.5 Å². The molecule has 1 amide bonds. The number of carboxylic acids is 1. The van der Waals surface area contributed by atoms with Crippen molar-refractivity contribution in [1.82, 2.24) is 0 Å². The van der Waals surface area contributed by atoms with Gasteiger partial charge in [0.15, 0.2) is 6.61 Å². The molecule has 6 heteroatoms. The van der Waals surface area contributed by atoms with Gasteiger partial charge in [0.05, 0.1) is 0 Å². The Bertz CT molecular complexity index is 308. The Kier molecular flexibility index (Phi) is 6.12. The van der Waals surface area contributed by atoms with Crippen molar-refractivity contribution in [1.29, 1.82) is 0 Å². The molecule has 0 unspecified atom stereocenters. The van der Waals surface area contributed by atoms with Crippen LogP contribution in [-0.2, 0) is 4.79 Å². The molecule has 6 nitrogen and oxygen atoms in total. The van der Waals surface area contributed by atoms with E-state index in [2.05, 4.69) is 5.73 Å². The third-order valence-electron chi connectivity index (χ3n) is 1.11. The van der Waals surface area contributed by atoms with Crippen LogP contribution >= 0.6 is 0 Å². The number of hydrogen-bond acceptors (Lipinski definition) is 4. The van der Waals surface area contributed by atoms with E-state index in [9.17, 15) is 4.79 Å². The van der Waals surface area contributed by atoms with Gasteiger partial charge >= 0.3 is 5.97 Å². The van der Waals surface area contributed by atoms with Gasteiger partial charge in [-0.3, -0.25) is 0 Å². The first kappa shape index (κ1) is 12.8. The fourth-order valence-corrected chi connectivity index (χ4v) is 0.662. The number of aliphatic carboxylic acids is 1. The maximum atomic E-state index is 10.0. The van der Waals surface area contributed by atoms with Gasteiger partial charge in [0, 0.05) is 0 Å². The van der Waals surface area contributed by atoms with Crippen molar-refractivity contribution in [3.63, 3.8) is 0 Å². The maximum absolute atomic E-state index is 10.0. The normalized spacial score (nSPS) is 8.27. The minimum atomic E-state index is -1.58. The highest BCUT2D eigenvalue weighted by atomic mass is 16.5. The number of nitrogens with two attached hydrogens (primary N) is 1. The highest BCUT2D eigenvalue weighted by molar-refractivity contribution is 5.68. The Morgan fingerprint density at radius 1 is 1.33 bits per heavy atom. The van der Waals surface area contributed by atoms with Crippen molar-refractivity contribution < 1.29 is 24.5 Å². The topological polar surface area (TPSA) is 113 Å². The molecule has 0 radical (unpaired) electrons. The van der Waals surface area contributed by atoms with Gasteiger partial charge in [-0.05, 0) is 12.1 Å². The summed E-state index contributed by atoms with van der Waals surface area (Å²) in [5.41, 5.74) is 3.92. The summed E-state index contributed by atoms with van der Waals surface area (Å²) < 4.78 is 4.87. The Labute approximate surface area is 85.9 Å². The van der Waals surface area contributed by atoms with Gasteiger partial charge in [-0.2, -0.15) is 0 Å². The number of hydrogen-bond donors (Lipinski definition) is 2. The molecular formula is C9H10NO5-. The second-order valence-electron chi connectivity index (χ2n) is 2.31. The van der Waals surface area contributed by atoms with E-state index in [0.29, 0.717) is 5.75 Å². The van der Waals surface area contributed by atoms with E-state index < -0.39 is 12.1 Å². The Balaban J connectivity index is 0.000000423. The van der Waals surface area contributed by atoms with Gasteiger partial charge in [0.25, 0.3) is 0 Å². The Hall–Kier alpha value is -2.24. The lowest BCUT2D eigenvalue weighted by molar-refractivity contribution is -0.245. The summed E-state index contributed by atoms with van der Waals surface area (Å²) in [7, 11) is 0. The molecule has 0 aliphatic rings. The van der Waals surface area contributed by atoms with Crippen molar-refractivity contribution in [2.24, 2.45) is 5.73 Å². The van der Waals surface area contributed by atoms with E-state index in [-0.39, 0.29) is 6.61 Å². The number of benzene rings is 1. The van der Waals surface area contributed by atoms with Gasteiger partial charge in [-0.25, -0.2) is 4.79 Å². The van der Waals surface area contributed by atoms with Gasteiger partial charge in [-0.15, -0.1) is 0 Å². The summed E-state index contributed by atoms with van der Waals surface area (Å²) >= 11 is 0. The molecule has 15 heavy (non-hydrogen) atoms. The van der Waals surface area contributed by atoms with Crippen LogP contribution in [0.25, 0.3) is 0 Å². The zero-order valence-electron chi connectivity index (χ0n) is 7.75. The zero-order valence-corrected chi connectivity index (χ0v) is 7.75. The lowest BCUT2D eigenvalue weighted by Gasteiger charge is -2.00. The number of primary amides is 1. The van der Waals surface area contributed by atoms with Crippen molar-refractivity contribution in [3.8, 4) is 5.75 Å². The molecule has 0 saturated carbocycles. The van der Waals surface area contributed by atoms with Crippen LogP contribution in [0.2, 0.25) is 0 Å². The molecule has 0 aliphatic heterocycles. The largest absolute Gasteiger partial charge is 0.530 e. The number of carbonyl (C=O) groups is 2. The second-order valence-corrected chi connectivity index (χ2v) is 2.31. The molecule has 1 rings (SSSR count). The molecule has 1 aromatic rings. The lowest BCUT2D eigenvalue weighted by Crippen LogP contribution is -2.29. The number of ether oxygens (including phenoxy) is 1. The molecule has 0 aromatic heterocycles. The van der Waals surface area contributed by atoms with Crippen LogP contribution in [0.4, 0.5) is 4.79 Å². The number of amides is 1. The van der Waals surface area contributed by atoms with Crippen LogP contribution in [-0.4, -0.2) is 23.8 Å².